The number of nitrogens with two attached hydrogens (primary N) is 1. The van der Waals surface area contributed by atoms with Crippen LogP contribution < -0.4 is 16.6 Å². The summed E-state index contributed by atoms with van der Waals surface area (Å²) in [5, 5.41) is 4.59. The molecule has 2 unspecified atom stereocenters. The van der Waals surface area contributed by atoms with E-state index < -0.39 is 0 Å². The molecule has 0 saturated carbocycles. The van der Waals surface area contributed by atoms with Crippen molar-refractivity contribution in [1.82, 2.24) is 19.8 Å². The summed E-state index contributed by atoms with van der Waals surface area (Å²) in [4.78, 5) is 33.8. The number of benzene rings is 3. The first-order valence-electron chi connectivity index (χ1n) is 13.5. The van der Waals surface area contributed by atoms with E-state index in [-0.39, 0.29) is 23.4 Å². The molecule has 1 aliphatic rings. The van der Waals surface area contributed by atoms with Gasteiger partial charge in [0.05, 0.1) is 24.0 Å². The lowest BCUT2D eigenvalue weighted by Gasteiger charge is -2.39. The van der Waals surface area contributed by atoms with Crippen molar-refractivity contribution in [2.45, 2.75) is 44.9 Å². The van der Waals surface area contributed by atoms with Crippen molar-refractivity contribution in [3.63, 3.8) is 0 Å². The second-order valence-electron chi connectivity index (χ2n) is 10.2. The largest absolute Gasteiger partial charge is 0.334 e. The Kier molecular flexibility index (Phi) is 8.71. The molecule has 1 saturated heterocycles. The maximum Gasteiger partial charge on any atom is 0.261 e. The Hall–Kier alpha value is -3.52. The van der Waals surface area contributed by atoms with Gasteiger partial charge in [-0.15, -0.1) is 0 Å². The molecule has 5 rings (SSSR count). The summed E-state index contributed by atoms with van der Waals surface area (Å²) in [7, 11) is 0. The molecule has 7 nitrogen and oxygen atoms in total. The standard InChI is InChI=1S/C31H34ClN5O2/c32-25-12-14-27-28(17-25)35-29(37(31(27)39)21-23-9-5-2-6-10-23)19-34-18-26-13-11-24(15-16-33)30(38)36(26)20-22-7-3-1-4-8-22/h1-10,12,14,17,24,26,34H,11,13,15-16,18-21,33H2. The Morgan fingerprint density at radius 1 is 0.923 bits per heavy atom. The summed E-state index contributed by atoms with van der Waals surface area (Å²) in [5.74, 6) is 0.774. The minimum atomic E-state index is -0.0968. The highest BCUT2D eigenvalue weighted by Gasteiger charge is 2.34. The van der Waals surface area contributed by atoms with Crippen molar-refractivity contribution in [1.29, 1.82) is 0 Å². The quantitative estimate of drug-likeness (QED) is 0.310. The fraction of sp³-hybridized carbons (Fsp3) is 0.323. The van der Waals surface area contributed by atoms with Crippen LogP contribution in [0.5, 0.6) is 0 Å². The van der Waals surface area contributed by atoms with Gasteiger partial charge in [0.25, 0.3) is 5.56 Å². The van der Waals surface area contributed by atoms with E-state index in [0.717, 1.165) is 24.0 Å². The molecule has 0 aliphatic carbocycles. The highest BCUT2D eigenvalue weighted by molar-refractivity contribution is 6.31. The molecular formula is C31H34ClN5O2. The molecule has 0 bridgehead atoms. The number of carbonyl (C=O) groups excluding carboxylic acids is 1. The molecule has 1 aromatic heterocycles. The van der Waals surface area contributed by atoms with Gasteiger partial charge in [-0.2, -0.15) is 0 Å². The van der Waals surface area contributed by atoms with Crippen molar-refractivity contribution in [2.24, 2.45) is 11.7 Å². The van der Waals surface area contributed by atoms with Crippen molar-refractivity contribution >= 4 is 28.4 Å². The summed E-state index contributed by atoms with van der Waals surface area (Å²) in [6, 6.07) is 25.2. The van der Waals surface area contributed by atoms with Gasteiger partial charge >= 0.3 is 0 Å². The van der Waals surface area contributed by atoms with Gasteiger partial charge in [-0.05, 0) is 55.1 Å². The van der Waals surface area contributed by atoms with Gasteiger partial charge in [0.1, 0.15) is 5.82 Å². The van der Waals surface area contributed by atoms with Crippen LogP contribution in [0.25, 0.3) is 10.9 Å². The van der Waals surface area contributed by atoms with Crippen LogP contribution in [0, 0.1) is 5.92 Å². The number of nitrogens with one attached hydrogen (secondary N) is 1. The highest BCUT2D eigenvalue weighted by atomic mass is 35.5. The summed E-state index contributed by atoms with van der Waals surface area (Å²) in [5.41, 5.74) is 8.41. The highest BCUT2D eigenvalue weighted by Crippen LogP contribution is 2.27. The normalized spacial score (nSPS) is 17.6. The first kappa shape index (κ1) is 27.1. The second kappa shape index (κ2) is 12.6. The smallest absolute Gasteiger partial charge is 0.261 e. The van der Waals surface area contributed by atoms with E-state index in [1.165, 1.54) is 0 Å². The summed E-state index contributed by atoms with van der Waals surface area (Å²) >= 11 is 6.22. The molecule has 3 aromatic carbocycles. The fourth-order valence-electron chi connectivity index (χ4n) is 5.41. The molecule has 2 heterocycles. The fourth-order valence-corrected chi connectivity index (χ4v) is 5.58. The zero-order valence-electron chi connectivity index (χ0n) is 21.9. The van der Waals surface area contributed by atoms with Crippen LogP contribution in [0.2, 0.25) is 5.02 Å². The van der Waals surface area contributed by atoms with Crippen LogP contribution in [0.4, 0.5) is 0 Å². The van der Waals surface area contributed by atoms with Crippen LogP contribution in [0.15, 0.2) is 83.7 Å². The Morgan fingerprint density at radius 3 is 2.31 bits per heavy atom. The number of fused-ring (bicyclic) bond motifs is 1. The van der Waals surface area contributed by atoms with Crippen molar-refractivity contribution < 1.29 is 4.79 Å². The molecule has 0 radical (unpaired) electrons. The number of rotatable bonds is 10. The maximum atomic E-state index is 13.5. The third-order valence-corrected chi connectivity index (χ3v) is 7.71. The van der Waals surface area contributed by atoms with E-state index in [1.807, 2.05) is 53.4 Å². The summed E-state index contributed by atoms with van der Waals surface area (Å²) in [6.45, 7) is 2.49. The third kappa shape index (κ3) is 6.38. The van der Waals surface area contributed by atoms with Crippen LogP contribution >= 0.6 is 11.6 Å². The molecule has 2 atom stereocenters. The second-order valence-corrected chi connectivity index (χ2v) is 10.6. The Bertz CT molecular complexity index is 1480. The van der Waals surface area contributed by atoms with E-state index in [2.05, 4.69) is 17.4 Å². The van der Waals surface area contributed by atoms with Crippen molar-refractivity contribution in [3.8, 4) is 0 Å². The van der Waals surface area contributed by atoms with Crippen LogP contribution in [-0.4, -0.2) is 39.5 Å². The number of amides is 1. The lowest BCUT2D eigenvalue weighted by Crippen LogP contribution is -2.51. The number of halogens is 1. The van der Waals surface area contributed by atoms with Crippen molar-refractivity contribution in [3.05, 3.63) is 111 Å². The van der Waals surface area contributed by atoms with Gasteiger partial charge in [-0.1, -0.05) is 72.3 Å². The monoisotopic (exact) mass is 543 g/mol. The lowest BCUT2D eigenvalue weighted by molar-refractivity contribution is -0.142. The molecule has 4 aromatic rings. The molecule has 1 amide bonds. The number of hydrogen-bond acceptors (Lipinski definition) is 5. The predicted molar refractivity (Wildman–Crippen MR) is 155 cm³/mol. The number of likely N-dealkylation sites (tertiary alicyclic amines) is 1. The minimum Gasteiger partial charge on any atom is -0.334 e. The summed E-state index contributed by atoms with van der Waals surface area (Å²) in [6.07, 6.45) is 2.44. The Morgan fingerprint density at radius 2 is 1.62 bits per heavy atom. The van der Waals surface area contributed by atoms with Gasteiger partial charge in [0, 0.05) is 30.1 Å². The minimum absolute atomic E-state index is 0.0297. The topological polar surface area (TPSA) is 93.2 Å². The van der Waals surface area contributed by atoms with Gasteiger partial charge in [-0.3, -0.25) is 14.2 Å². The van der Waals surface area contributed by atoms with Crippen LogP contribution in [0.1, 0.15) is 36.2 Å². The molecule has 1 fully saturated rings. The molecule has 202 valence electrons. The molecule has 8 heteroatoms. The van der Waals surface area contributed by atoms with Gasteiger partial charge in [0.2, 0.25) is 5.91 Å². The van der Waals surface area contributed by atoms with Crippen LogP contribution in [-0.2, 0) is 24.4 Å². The molecule has 0 spiro atoms. The van der Waals surface area contributed by atoms with Crippen LogP contribution in [0.3, 0.4) is 0 Å². The molecule has 3 N–H and O–H groups in total. The number of piperidine rings is 1. The predicted octanol–water partition coefficient (Wildman–Crippen LogP) is 4.34. The maximum absolute atomic E-state index is 13.5. The molecule has 1 aliphatic heterocycles. The van der Waals surface area contributed by atoms with E-state index in [4.69, 9.17) is 22.3 Å². The first-order valence-corrected chi connectivity index (χ1v) is 13.9. The Balaban J connectivity index is 1.37. The molecule has 39 heavy (non-hydrogen) atoms. The van der Waals surface area contributed by atoms with E-state index >= 15 is 0 Å². The van der Waals surface area contributed by atoms with Gasteiger partial charge in [0.15, 0.2) is 0 Å². The number of aromatic nitrogens is 2. The average molecular weight is 544 g/mol. The summed E-state index contributed by atoms with van der Waals surface area (Å²) < 4.78 is 1.73. The number of nitrogens with zero attached hydrogens (tertiary/aromatic N) is 3. The van der Waals surface area contributed by atoms with E-state index in [0.29, 0.717) is 60.9 Å². The number of carbonyl (C=O) groups is 1. The van der Waals surface area contributed by atoms with Gasteiger partial charge in [-0.25, -0.2) is 4.98 Å². The lowest BCUT2D eigenvalue weighted by atomic mass is 9.89. The van der Waals surface area contributed by atoms with Gasteiger partial charge < -0.3 is 16.0 Å². The zero-order valence-corrected chi connectivity index (χ0v) is 22.7. The van der Waals surface area contributed by atoms with E-state index in [9.17, 15) is 9.59 Å². The first-order chi connectivity index (χ1) is 19.0. The SMILES string of the molecule is NCCC1CCC(CNCc2nc3cc(Cl)ccc3c(=O)n2Cc2ccccc2)N(Cc2ccccc2)C1=O. The number of hydrogen-bond donors (Lipinski definition) is 2. The third-order valence-electron chi connectivity index (χ3n) is 7.48. The van der Waals surface area contributed by atoms with Crippen molar-refractivity contribution in [2.75, 3.05) is 13.1 Å². The van der Waals surface area contributed by atoms with E-state index in [1.54, 1.807) is 22.8 Å². The molecular weight excluding hydrogens is 510 g/mol. The Labute approximate surface area is 233 Å². The average Bonchev–Trinajstić information content (AvgIpc) is 2.95. The zero-order chi connectivity index (χ0) is 27.2.